The summed E-state index contributed by atoms with van der Waals surface area (Å²) in [5.41, 5.74) is 0.710. The number of hydrogen-bond donors (Lipinski definition) is 0. The van der Waals surface area contributed by atoms with E-state index in [-0.39, 0.29) is 12.1 Å². The van der Waals surface area contributed by atoms with Crippen LogP contribution >= 0.6 is 0 Å². The Morgan fingerprint density at radius 1 is 1.21 bits per heavy atom. The van der Waals surface area contributed by atoms with Gasteiger partial charge in [-0.25, -0.2) is 9.79 Å². The third kappa shape index (κ3) is 4.39. The fourth-order valence-electron chi connectivity index (χ4n) is 2.17. The van der Waals surface area contributed by atoms with E-state index < -0.39 is 0 Å². The Morgan fingerprint density at radius 3 is 2.53 bits per heavy atom. The average Bonchev–Trinajstić information content (AvgIpc) is 2.47. The highest BCUT2D eigenvalue weighted by Crippen LogP contribution is 2.20. The molecule has 4 nitrogen and oxygen atoms in total. The number of aliphatic imine (C=N–C) groups is 1. The molecule has 102 valence electrons. The van der Waals surface area contributed by atoms with Gasteiger partial charge in [-0.1, -0.05) is 6.42 Å². The summed E-state index contributed by atoms with van der Waals surface area (Å²) in [6, 6.07) is 7.20. The zero-order chi connectivity index (χ0) is 13.5. The van der Waals surface area contributed by atoms with E-state index in [1.165, 1.54) is 12.6 Å². The van der Waals surface area contributed by atoms with Crippen LogP contribution in [0, 0.1) is 0 Å². The molecule has 0 aliphatic heterocycles. The number of methoxy groups -OCH3 is 1. The van der Waals surface area contributed by atoms with Gasteiger partial charge >= 0.3 is 5.97 Å². The summed E-state index contributed by atoms with van der Waals surface area (Å²) >= 11 is 0. The van der Waals surface area contributed by atoms with Crippen LogP contribution in [-0.4, -0.2) is 25.4 Å². The van der Waals surface area contributed by atoms with E-state index in [0.717, 1.165) is 31.4 Å². The van der Waals surface area contributed by atoms with Crippen LogP contribution in [-0.2, 0) is 9.53 Å². The zero-order valence-corrected chi connectivity index (χ0v) is 11.2. The van der Waals surface area contributed by atoms with Gasteiger partial charge in [0.1, 0.15) is 18.1 Å². The average molecular weight is 261 g/mol. The quantitative estimate of drug-likeness (QED) is 0.617. The second-order valence-corrected chi connectivity index (χ2v) is 4.65. The standard InChI is InChI=1S/C15H19NO3/c1-18-13-9-7-12(8-10-13)16-11-15(17)19-14-5-3-2-4-6-14/h7-11,14H,2-6H2,1H3. The first-order chi connectivity index (χ1) is 9.28. The van der Waals surface area contributed by atoms with Crippen LogP contribution in [0.25, 0.3) is 0 Å². The maximum Gasteiger partial charge on any atom is 0.349 e. The second kappa shape index (κ2) is 6.92. The SMILES string of the molecule is COc1ccc(N=CC(=O)OC2CCCCC2)cc1. The highest BCUT2D eigenvalue weighted by Gasteiger charge is 2.16. The van der Waals surface area contributed by atoms with Gasteiger partial charge in [-0.05, 0) is 49.9 Å². The summed E-state index contributed by atoms with van der Waals surface area (Å²) in [4.78, 5) is 15.7. The number of ether oxygens (including phenoxy) is 2. The van der Waals surface area contributed by atoms with E-state index in [9.17, 15) is 4.79 Å². The maximum absolute atomic E-state index is 11.6. The Morgan fingerprint density at radius 2 is 1.89 bits per heavy atom. The lowest BCUT2D eigenvalue weighted by atomic mass is 9.98. The van der Waals surface area contributed by atoms with E-state index in [1.807, 2.05) is 0 Å². The highest BCUT2D eigenvalue weighted by molar-refractivity contribution is 6.23. The topological polar surface area (TPSA) is 47.9 Å². The van der Waals surface area contributed by atoms with E-state index in [4.69, 9.17) is 9.47 Å². The molecule has 0 spiro atoms. The molecular weight excluding hydrogens is 242 g/mol. The molecule has 0 saturated heterocycles. The van der Waals surface area contributed by atoms with E-state index in [0.29, 0.717) is 5.69 Å². The van der Waals surface area contributed by atoms with Gasteiger partial charge < -0.3 is 9.47 Å². The van der Waals surface area contributed by atoms with Gasteiger partial charge in [0.15, 0.2) is 0 Å². The Hall–Kier alpha value is -1.84. The van der Waals surface area contributed by atoms with Crippen LogP contribution in [0.2, 0.25) is 0 Å². The van der Waals surface area contributed by atoms with Crippen molar-refractivity contribution in [1.82, 2.24) is 0 Å². The van der Waals surface area contributed by atoms with Crippen molar-refractivity contribution in [3.8, 4) is 5.75 Å². The van der Waals surface area contributed by atoms with Crippen LogP contribution in [0.1, 0.15) is 32.1 Å². The van der Waals surface area contributed by atoms with Gasteiger partial charge in [0, 0.05) is 0 Å². The minimum Gasteiger partial charge on any atom is -0.497 e. The molecule has 2 rings (SSSR count). The first-order valence-corrected chi connectivity index (χ1v) is 6.66. The predicted molar refractivity (Wildman–Crippen MR) is 74.1 cm³/mol. The van der Waals surface area contributed by atoms with Gasteiger partial charge in [0.25, 0.3) is 0 Å². The molecule has 19 heavy (non-hydrogen) atoms. The number of rotatable bonds is 4. The Bertz CT molecular complexity index is 433. The molecule has 0 heterocycles. The van der Waals surface area contributed by atoms with Crippen molar-refractivity contribution in [3.63, 3.8) is 0 Å². The molecule has 4 heteroatoms. The monoisotopic (exact) mass is 261 g/mol. The van der Waals surface area contributed by atoms with Crippen molar-refractivity contribution in [2.24, 2.45) is 4.99 Å². The molecular formula is C15H19NO3. The molecule has 0 atom stereocenters. The van der Waals surface area contributed by atoms with Crippen molar-refractivity contribution < 1.29 is 14.3 Å². The van der Waals surface area contributed by atoms with Crippen molar-refractivity contribution in [2.75, 3.05) is 7.11 Å². The molecule has 1 aromatic carbocycles. The van der Waals surface area contributed by atoms with Crippen molar-refractivity contribution in [1.29, 1.82) is 0 Å². The Balaban J connectivity index is 1.84. The summed E-state index contributed by atoms with van der Waals surface area (Å²) < 4.78 is 10.4. The number of nitrogens with zero attached hydrogens (tertiary/aromatic N) is 1. The maximum atomic E-state index is 11.6. The molecule has 1 fully saturated rings. The number of benzene rings is 1. The van der Waals surface area contributed by atoms with Crippen LogP contribution in [0.3, 0.4) is 0 Å². The minimum absolute atomic E-state index is 0.0727. The smallest absolute Gasteiger partial charge is 0.349 e. The molecule has 0 bridgehead atoms. The molecule has 1 saturated carbocycles. The molecule has 1 aromatic rings. The normalized spacial score (nSPS) is 16.5. The zero-order valence-electron chi connectivity index (χ0n) is 11.2. The van der Waals surface area contributed by atoms with Crippen LogP contribution in [0.5, 0.6) is 5.75 Å². The fraction of sp³-hybridized carbons (Fsp3) is 0.467. The summed E-state index contributed by atoms with van der Waals surface area (Å²) in [5, 5.41) is 0. The lowest BCUT2D eigenvalue weighted by Gasteiger charge is -2.20. The van der Waals surface area contributed by atoms with Crippen LogP contribution in [0.4, 0.5) is 5.69 Å². The van der Waals surface area contributed by atoms with Gasteiger partial charge in [0.05, 0.1) is 12.8 Å². The minimum atomic E-state index is -0.359. The molecule has 1 aliphatic rings. The van der Waals surface area contributed by atoms with Gasteiger partial charge in [-0.15, -0.1) is 0 Å². The molecule has 0 unspecified atom stereocenters. The number of esters is 1. The summed E-state index contributed by atoms with van der Waals surface area (Å²) in [5.74, 6) is 0.409. The predicted octanol–water partition coefficient (Wildman–Crippen LogP) is 3.27. The molecule has 0 N–H and O–H groups in total. The van der Waals surface area contributed by atoms with Crippen LogP contribution in [0.15, 0.2) is 29.3 Å². The van der Waals surface area contributed by atoms with Crippen molar-refractivity contribution in [2.45, 2.75) is 38.2 Å². The summed E-state index contributed by atoms with van der Waals surface area (Å²) in [6.45, 7) is 0. The fourth-order valence-corrected chi connectivity index (χ4v) is 2.17. The number of hydrogen-bond acceptors (Lipinski definition) is 4. The Labute approximate surface area is 113 Å². The lowest BCUT2D eigenvalue weighted by Crippen LogP contribution is -2.21. The highest BCUT2D eigenvalue weighted by atomic mass is 16.5. The summed E-state index contributed by atoms with van der Waals surface area (Å²) in [6.07, 6.45) is 6.80. The largest absolute Gasteiger partial charge is 0.497 e. The molecule has 1 aliphatic carbocycles. The number of carbonyl (C=O) groups is 1. The van der Waals surface area contributed by atoms with E-state index >= 15 is 0 Å². The van der Waals surface area contributed by atoms with E-state index in [2.05, 4.69) is 4.99 Å². The molecule has 0 radical (unpaired) electrons. The van der Waals surface area contributed by atoms with Crippen molar-refractivity contribution >= 4 is 17.9 Å². The third-order valence-corrected chi connectivity index (χ3v) is 3.23. The first-order valence-electron chi connectivity index (χ1n) is 6.66. The number of carbonyl (C=O) groups excluding carboxylic acids is 1. The van der Waals surface area contributed by atoms with E-state index in [1.54, 1.807) is 31.4 Å². The third-order valence-electron chi connectivity index (χ3n) is 3.23. The summed E-state index contributed by atoms with van der Waals surface area (Å²) in [7, 11) is 1.61. The lowest BCUT2D eigenvalue weighted by molar-refractivity contribution is -0.141. The molecule has 0 amide bonds. The van der Waals surface area contributed by atoms with Gasteiger partial charge in [0.2, 0.25) is 0 Å². The Kier molecular flexibility index (Phi) is 4.95. The van der Waals surface area contributed by atoms with Gasteiger partial charge in [-0.2, -0.15) is 0 Å². The van der Waals surface area contributed by atoms with Crippen LogP contribution < -0.4 is 4.74 Å². The first kappa shape index (κ1) is 13.6. The second-order valence-electron chi connectivity index (χ2n) is 4.65. The van der Waals surface area contributed by atoms with Gasteiger partial charge in [-0.3, -0.25) is 0 Å². The molecule has 0 aromatic heterocycles. The van der Waals surface area contributed by atoms with Crippen molar-refractivity contribution in [3.05, 3.63) is 24.3 Å².